The minimum atomic E-state index is 0.100. The molecule has 1 atom stereocenters. The average molecular weight is 233 g/mol. The molecule has 1 fully saturated rings. The number of hydrogen-bond acceptors (Lipinski definition) is 3. The van der Waals surface area contributed by atoms with Crippen LogP contribution in [0.2, 0.25) is 0 Å². The van der Waals surface area contributed by atoms with E-state index in [-0.39, 0.29) is 12.4 Å². The first-order valence-electron chi connectivity index (χ1n) is 6.01. The van der Waals surface area contributed by atoms with Gasteiger partial charge in [0.2, 0.25) is 0 Å². The largest absolute Gasteiger partial charge is 0.396 e. The number of benzene rings is 1. The number of aliphatic hydroxyl groups excluding tert-OH is 1. The maximum Gasteiger partial charge on any atom is 0.122 e. The molecule has 0 amide bonds. The maximum atomic E-state index is 9.20. The summed E-state index contributed by atoms with van der Waals surface area (Å²) in [5.41, 5.74) is 7.32. The third kappa shape index (κ3) is 2.77. The van der Waals surface area contributed by atoms with Crippen LogP contribution in [0, 0.1) is 11.3 Å². The number of nitrogens with two attached hydrogens (primary N) is 1. The van der Waals surface area contributed by atoms with Crippen molar-refractivity contribution >= 4 is 11.5 Å². The topological polar surface area (TPSA) is 73.3 Å². The fourth-order valence-electron chi connectivity index (χ4n) is 2.30. The zero-order valence-corrected chi connectivity index (χ0v) is 9.89. The van der Waals surface area contributed by atoms with Crippen LogP contribution in [0.25, 0.3) is 0 Å². The molecule has 1 aliphatic heterocycles. The Kier molecular flexibility index (Phi) is 3.64. The summed E-state index contributed by atoms with van der Waals surface area (Å²) in [4.78, 5) is 2.29. The van der Waals surface area contributed by atoms with E-state index >= 15 is 0 Å². The van der Waals surface area contributed by atoms with Crippen molar-refractivity contribution in [2.24, 2.45) is 11.7 Å². The number of amidine groups is 1. The molecule has 0 saturated carbocycles. The van der Waals surface area contributed by atoms with Gasteiger partial charge in [-0.15, -0.1) is 0 Å². The first kappa shape index (κ1) is 11.9. The smallest absolute Gasteiger partial charge is 0.122 e. The second-order valence-electron chi connectivity index (χ2n) is 4.60. The fraction of sp³-hybridized carbons (Fsp3) is 0.462. The highest BCUT2D eigenvalue weighted by Gasteiger charge is 2.19. The minimum Gasteiger partial charge on any atom is -0.396 e. The number of piperidine rings is 1. The van der Waals surface area contributed by atoms with Crippen molar-refractivity contribution in [2.75, 3.05) is 24.6 Å². The van der Waals surface area contributed by atoms with Crippen LogP contribution in [0.1, 0.15) is 18.4 Å². The number of nitrogens with one attached hydrogen (secondary N) is 1. The lowest BCUT2D eigenvalue weighted by Crippen LogP contribution is -2.36. The number of anilines is 1. The molecule has 1 aromatic rings. The molecule has 0 radical (unpaired) electrons. The van der Waals surface area contributed by atoms with E-state index < -0.39 is 0 Å². The predicted molar refractivity (Wildman–Crippen MR) is 69.5 cm³/mol. The standard InChI is InChI=1S/C13H19N3O/c14-13(15)11-3-5-12(6-4-11)16-7-1-2-10(8-16)9-17/h3-6,10,17H,1-2,7-9H2,(H3,14,15). The summed E-state index contributed by atoms with van der Waals surface area (Å²) in [6.45, 7) is 2.22. The van der Waals surface area contributed by atoms with E-state index in [0.29, 0.717) is 5.92 Å². The summed E-state index contributed by atoms with van der Waals surface area (Å²) >= 11 is 0. The highest BCUT2D eigenvalue weighted by atomic mass is 16.3. The van der Waals surface area contributed by atoms with E-state index in [0.717, 1.165) is 37.2 Å². The number of hydrogen-bond donors (Lipinski definition) is 3. The molecule has 0 aliphatic carbocycles. The Morgan fingerprint density at radius 2 is 2.12 bits per heavy atom. The van der Waals surface area contributed by atoms with Crippen LogP contribution in [-0.2, 0) is 0 Å². The van der Waals surface area contributed by atoms with E-state index in [4.69, 9.17) is 11.1 Å². The summed E-state index contributed by atoms with van der Waals surface area (Å²) in [5.74, 6) is 0.486. The highest BCUT2D eigenvalue weighted by molar-refractivity contribution is 5.95. The fourth-order valence-corrected chi connectivity index (χ4v) is 2.30. The molecule has 4 heteroatoms. The second kappa shape index (κ2) is 5.19. The third-order valence-electron chi connectivity index (χ3n) is 3.32. The van der Waals surface area contributed by atoms with Crippen LogP contribution in [0.4, 0.5) is 5.69 Å². The molecule has 0 bridgehead atoms. The molecule has 1 saturated heterocycles. The summed E-state index contributed by atoms with van der Waals surface area (Å²) in [5, 5.41) is 16.5. The molecule has 1 aromatic carbocycles. The quantitative estimate of drug-likeness (QED) is 0.542. The number of nitrogens with zero attached hydrogens (tertiary/aromatic N) is 1. The molecule has 1 unspecified atom stereocenters. The molecule has 4 nitrogen and oxygen atoms in total. The Morgan fingerprint density at radius 3 is 2.71 bits per heavy atom. The van der Waals surface area contributed by atoms with Crippen LogP contribution < -0.4 is 10.6 Å². The van der Waals surface area contributed by atoms with Crippen molar-refractivity contribution in [1.29, 1.82) is 5.41 Å². The average Bonchev–Trinajstić information content (AvgIpc) is 2.39. The van der Waals surface area contributed by atoms with Crippen LogP contribution in [0.5, 0.6) is 0 Å². The lowest BCUT2D eigenvalue weighted by atomic mass is 9.98. The Bertz CT molecular complexity index is 388. The maximum absolute atomic E-state index is 9.20. The van der Waals surface area contributed by atoms with Gasteiger partial charge in [-0.2, -0.15) is 0 Å². The Balaban J connectivity index is 2.08. The lowest BCUT2D eigenvalue weighted by molar-refractivity contribution is 0.209. The van der Waals surface area contributed by atoms with E-state index in [1.54, 1.807) is 0 Å². The van der Waals surface area contributed by atoms with Gasteiger partial charge in [0.15, 0.2) is 0 Å². The summed E-state index contributed by atoms with van der Waals surface area (Å²) in [7, 11) is 0. The monoisotopic (exact) mass is 233 g/mol. The van der Waals surface area contributed by atoms with Gasteiger partial charge in [0.1, 0.15) is 5.84 Å². The van der Waals surface area contributed by atoms with Crippen molar-refractivity contribution in [1.82, 2.24) is 0 Å². The van der Waals surface area contributed by atoms with E-state index in [1.165, 1.54) is 0 Å². The first-order chi connectivity index (χ1) is 8.20. The van der Waals surface area contributed by atoms with Gasteiger partial charge in [-0.25, -0.2) is 0 Å². The third-order valence-corrected chi connectivity index (χ3v) is 3.32. The molecular weight excluding hydrogens is 214 g/mol. The Hall–Kier alpha value is -1.55. The SMILES string of the molecule is N=C(N)c1ccc(N2CCCC(CO)C2)cc1. The highest BCUT2D eigenvalue weighted by Crippen LogP contribution is 2.23. The molecule has 0 aromatic heterocycles. The molecule has 4 N–H and O–H groups in total. The van der Waals surface area contributed by atoms with Crippen LogP contribution in [-0.4, -0.2) is 30.6 Å². The van der Waals surface area contributed by atoms with Crippen molar-refractivity contribution in [3.63, 3.8) is 0 Å². The van der Waals surface area contributed by atoms with Gasteiger partial charge in [-0.05, 0) is 43.0 Å². The zero-order valence-electron chi connectivity index (χ0n) is 9.89. The van der Waals surface area contributed by atoms with Gasteiger partial charge in [0.25, 0.3) is 0 Å². The Morgan fingerprint density at radius 1 is 1.41 bits per heavy atom. The van der Waals surface area contributed by atoms with E-state index in [1.807, 2.05) is 24.3 Å². The number of aliphatic hydroxyl groups is 1. The molecular formula is C13H19N3O. The normalized spacial score (nSPS) is 20.3. The van der Waals surface area contributed by atoms with Gasteiger partial charge in [-0.3, -0.25) is 5.41 Å². The molecule has 92 valence electrons. The zero-order chi connectivity index (χ0) is 12.3. The Labute approximate surface area is 102 Å². The number of rotatable bonds is 3. The van der Waals surface area contributed by atoms with E-state index in [9.17, 15) is 5.11 Å². The summed E-state index contributed by atoms with van der Waals surface area (Å²) < 4.78 is 0. The van der Waals surface area contributed by atoms with Gasteiger partial charge in [-0.1, -0.05) is 0 Å². The van der Waals surface area contributed by atoms with Gasteiger partial charge in [0.05, 0.1) is 0 Å². The minimum absolute atomic E-state index is 0.100. The van der Waals surface area contributed by atoms with Crippen LogP contribution in [0.3, 0.4) is 0 Å². The van der Waals surface area contributed by atoms with Crippen LogP contribution in [0.15, 0.2) is 24.3 Å². The van der Waals surface area contributed by atoms with Gasteiger partial charge < -0.3 is 15.7 Å². The van der Waals surface area contributed by atoms with Gasteiger partial charge >= 0.3 is 0 Å². The summed E-state index contributed by atoms with van der Waals surface area (Å²) in [6, 6.07) is 7.74. The molecule has 17 heavy (non-hydrogen) atoms. The van der Waals surface area contributed by atoms with E-state index in [2.05, 4.69) is 4.90 Å². The lowest BCUT2D eigenvalue weighted by Gasteiger charge is -2.33. The van der Waals surface area contributed by atoms with Crippen molar-refractivity contribution in [2.45, 2.75) is 12.8 Å². The van der Waals surface area contributed by atoms with Gasteiger partial charge in [0, 0.05) is 30.9 Å². The first-order valence-corrected chi connectivity index (χ1v) is 6.01. The second-order valence-corrected chi connectivity index (χ2v) is 4.60. The number of nitrogen functional groups attached to an aromatic ring is 1. The molecule has 1 heterocycles. The van der Waals surface area contributed by atoms with Crippen molar-refractivity contribution in [3.8, 4) is 0 Å². The molecule has 1 aliphatic rings. The van der Waals surface area contributed by atoms with Crippen molar-refractivity contribution in [3.05, 3.63) is 29.8 Å². The molecule has 2 rings (SSSR count). The van der Waals surface area contributed by atoms with Crippen LogP contribution >= 0.6 is 0 Å². The summed E-state index contributed by atoms with van der Waals surface area (Å²) in [6.07, 6.45) is 2.23. The molecule has 0 spiro atoms. The van der Waals surface area contributed by atoms with Crippen molar-refractivity contribution < 1.29 is 5.11 Å². The predicted octanol–water partition coefficient (Wildman–Crippen LogP) is 1.18.